The molecule has 0 bridgehead atoms. The third kappa shape index (κ3) is 2.61. The zero-order valence-electron chi connectivity index (χ0n) is 8.55. The summed E-state index contributed by atoms with van der Waals surface area (Å²) in [6.07, 6.45) is 0.912. The molecule has 1 unspecified atom stereocenters. The van der Waals surface area contributed by atoms with Gasteiger partial charge in [-0.05, 0) is 30.4 Å². The summed E-state index contributed by atoms with van der Waals surface area (Å²) in [5.74, 6) is 0. The summed E-state index contributed by atoms with van der Waals surface area (Å²) in [6, 6.07) is 8.52. The molecule has 0 aliphatic heterocycles. The van der Waals surface area contributed by atoms with Crippen LogP contribution in [0.25, 0.3) is 11.3 Å². The molecule has 0 spiro atoms. The smallest absolute Gasteiger partial charge is 0.105 e. The lowest BCUT2D eigenvalue weighted by molar-refractivity contribution is 0.738. The summed E-state index contributed by atoms with van der Waals surface area (Å²) < 4.78 is 3.84. The van der Waals surface area contributed by atoms with E-state index in [1.54, 1.807) is 0 Å². The van der Waals surface area contributed by atoms with Crippen molar-refractivity contribution in [2.24, 2.45) is 5.73 Å². The van der Waals surface area contributed by atoms with Gasteiger partial charge in [0, 0.05) is 17.0 Å². The summed E-state index contributed by atoms with van der Waals surface area (Å²) >= 11 is 1.37. The van der Waals surface area contributed by atoms with E-state index in [1.165, 1.54) is 17.1 Å². The summed E-state index contributed by atoms with van der Waals surface area (Å²) in [7, 11) is 0. The van der Waals surface area contributed by atoms with Crippen LogP contribution in [0.1, 0.15) is 12.5 Å². The van der Waals surface area contributed by atoms with Crippen LogP contribution in [0.15, 0.2) is 29.6 Å². The molecule has 0 fully saturated rings. The van der Waals surface area contributed by atoms with Gasteiger partial charge in [-0.3, -0.25) is 0 Å². The van der Waals surface area contributed by atoms with Gasteiger partial charge >= 0.3 is 0 Å². The zero-order chi connectivity index (χ0) is 10.7. The molecule has 2 rings (SSSR count). The Balaban J connectivity index is 2.17. The Morgan fingerprint density at radius 3 is 2.60 bits per heavy atom. The van der Waals surface area contributed by atoms with Crippen LogP contribution in [-0.2, 0) is 6.42 Å². The topological polar surface area (TPSA) is 51.8 Å². The Kier molecular flexibility index (Phi) is 3.08. The maximum atomic E-state index is 5.74. The van der Waals surface area contributed by atoms with Gasteiger partial charge in [-0.25, -0.2) is 0 Å². The first-order valence-electron chi connectivity index (χ1n) is 4.87. The van der Waals surface area contributed by atoms with Gasteiger partial charge in [0.2, 0.25) is 0 Å². The second kappa shape index (κ2) is 4.51. The zero-order valence-corrected chi connectivity index (χ0v) is 9.37. The van der Waals surface area contributed by atoms with E-state index < -0.39 is 0 Å². The first-order valence-corrected chi connectivity index (χ1v) is 5.71. The SMILES string of the molecule is CC(N)Cc1ccc(-c2csnn2)cc1. The third-order valence-electron chi connectivity index (χ3n) is 2.17. The van der Waals surface area contributed by atoms with Crippen LogP contribution >= 0.6 is 11.5 Å². The predicted octanol–water partition coefficient (Wildman–Crippen LogP) is 2.09. The Morgan fingerprint density at radius 1 is 1.33 bits per heavy atom. The Labute approximate surface area is 93.1 Å². The number of hydrogen-bond donors (Lipinski definition) is 1. The number of benzene rings is 1. The van der Waals surface area contributed by atoms with Crippen LogP contribution in [0, 0.1) is 0 Å². The van der Waals surface area contributed by atoms with Gasteiger partial charge in [0.15, 0.2) is 0 Å². The van der Waals surface area contributed by atoms with Gasteiger partial charge in [0.1, 0.15) is 5.69 Å². The van der Waals surface area contributed by atoms with Crippen molar-refractivity contribution in [1.82, 2.24) is 9.59 Å². The third-order valence-corrected chi connectivity index (χ3v) is 2.67. The molecule has 4 heteroatoms. The molecule has 2 aromatic rings. The van der Waals surface area contributed by atoms with Crippen molar-refractivity contribution in [1.29, 1.82) is 0 Å². The molecule has 0 amide bonds. The molecule has 0 aliphatic rings. The van der Waals surface area contributed by atoms with E-state index in [0.29, 0.717) is 0 Å². The molecule has 0 radical (unpaired) electrons. The minimum absolute atomic E-state index is 0.205. The first kappa shape index (κ1) is 10.3. The van der Waals surface area contributed by atoms with Gasteiger partial charge in [-0.1, -0.05) is 28.8 Å². The van der Waals surface area contributed by atoms with Gasteiger partial charge in [0.25, 0.3) is 0 Å². The van der Waals surface area contributed by atoms with Gasteiger partial charge in [-0.2, -0.15) is 0 Å². The normalized spacial score (nSPS) is 12.7. The lowest BCUT2D eigenvalue weighted by Crippen LogP contribution is -2.17. The molecular weight excluding hydrogens is 206 g/mol. The average Bonchev–Trinajstić information content (AvgIpc) is 2.71. The predicted molar refractivity (Wildman–Crippen MR) is 62.7 cm³/mol. The second-order valence-corrected chi connectivity index (χ2v) is 4.28. The summed E-state index contributed by atoms with van der Waals surface area (Å²) in [5, 5.41) is 5.97. The highest BCUT2D eigenvalue weighted by atomic mass is 32.1. The molecule has 0 saturated carbocycles. The molecule has 78 valence electrons. The Bertz CT molecular complexity index is 406. The van der Waals surface area contributed by atoms with Crippen molar-refractivity contribution in [3.8, 4) is 11.3 Å². The lowest BCUT2D eigenvalue weighted by atomic mass is 10.0. The van der Waals surface area contributed by atoms with Crippen LogP contribution < -0.4 is 5.73 Å². The van der Waals surface area contributed by atoms with Crippen molar-refractivity contribution >= 4 is 11.5 Å². The second-order valence-electron chi connectivity index (χ2n) is 3.67. The van der Waals surface area contributed by atoms with E-state index in [4.69, 9.17) is 5.73 Å². The fraction of sp³-hybridized carbons (Fsp3) is 0.273. The van der Waals surface area contributed by atoms with Crippen LogP contribution in [0.5, 0.6) is 0 Å². The van der Waals surface area contributed by atoms with E-state index in [2.05, 4.69) is 33.9 Å². The van der Waals surface area contributed by atoms with E-state index in [1.807, 2.05) is 12.3 Å². The molecule has 1 aromatic carbocycles. The minimum atomic E-state index is 0.205. The molecular formula is C11H13N3S. The van der Waals surface area contributed by atoms with Gasteiger partial charge in [0.05, 0.1) is 0 Å². The maximum absolute atomic E-state index is 5.74. The minimum Gasteiger partial charge on any atom is -0.328 e. The molecule has 0 saturated heterocycles. The molecule has 1 heterocycles. The van der Waals surface area contributed by atoms with E-state index in [9.17, 15) is 0 Å². The van der Waals surface area contributed by atoms with Crippen molar-refractivity contribution in [3.63, 3.8) is 0 Å². The summed E-state index contributed by atoms with van der Waals surface area (Å²) in [5.41, 5.74) is 9.04. The summed E-state index contributed by atoms with van der Waals surface area (Å²) in [4.78, 5) is 0. The molecule has 1 atom stereocenters. The van der Waals surface area contributed by atoms with Crippen molar-refractivity contribution < 1.29 is 0 Å². The number of aromatic nitrogens is 2. The van der Waals surface area contributed by atoms with Gasteiger partial charge < -0.3 is 5.73 Å². The fourth-order valence-corrected chi connectivity index (χ4v) is 1.94. The van der Waals surface area contributed by atoms with E-state index >= 15 is 0 Å². The quantitative estimate of drug-likeness (QED) is 0.860. The van der Waals surface area contributed by atoms with Crippen LogP contribution in [0.3, 0.4) is 0 Å². The standard InChI is InChI=1S/C11H13N3S/c1-8(12)6-9-2-4-10(5-3-9)11-7-15-14-13-11/h2-5,7-8H,6,12H2,1H3. The molecule has 15 heavy (non-hydrogen) atoms. The van der Waals surface area contributed by atoms with Gasteiger partial charge in [-0.15, -0.1) is 5.10 Å². The average molecular weight is 219 g/mol. The molecule has 2 N–H and O–H groups in total. The van der Waals surface area contributed by atoms with E-state index in [0.717, 1.165) is 17.7 Å². The monoisotopic (exact) mass is 219 g/mol. The Hall–Kier alpha value is -1.26. The van der Waals surface area contributed by atoms with Crippen molar-refractivity contribution in [3.05, 3.63) is 35.2 Å². The summed E-state index contributed by atoms with van der Waals surface area (Å²) in [6.45, 7) is 2.01. The largest absolute Gasteiger partial charge is 0.328 e. The highest BCUT2D eigenvalue weighted by molar-refractivity contribution is 7.03. The molecule has 1 aromatic heterocycles. The lowest BCUT2D eigenvalue weighted by Gasteiger charge is -2.05. The van der Waals surface area contributed by atoms with Crippen molar-refractivity contribution in [2.75, 3.05) is 0 Å². The number of nitrogens with two attached hydrogens (primary N) is 1. The maximum Gasteiger partial charge on any atom is 0.105 e. The molecule has 0 aliphatic carbocycles. The van der Waals surface area contributed by atoms with Crippen LogP contribution in [0.4, 0.5) is 0 Å². The number of nitrogens with zero attached hydrogens (tertiary/aromatic N) is 2. The highest BCUT2D eigenvalue weighted by Crippen LogP contribution is 2.18. The van der Waals surface area contributed by atoms with Crippen LogP contribution in [-0.4, -0.2) is 15.6 Å². The number of rotatable bonds is 3. The first-order chi connectivity index (χ1) is 7.25. The molecule has 3 nitrogen and oxygen atoms in total. The van der Waals surface area contributed by atoms with Crippen molar-refractivity contribution in [2.45, 2.75) is 19.4 Å². The number of hydrogen-bond acceptors (Lipinski definition) is 4. The van der Waals surface area contributed by atoms with E-state index in [-0.39, 0.29) is 6.04 Å². The van der Waals surface area contributed by atoms with Crippen LogP contribution in [0.2, 0.25) is 0 Å². The Morgan fingerprint density at radius 2 is 2.07 bits per heavy atom. The highest BCUT2D eigenvalue weighted by Gasteiger charge is 2.01. The fourth-order valence-electron chi connectivity index (χ4n) is 1.47.